The molecule has 2 aromatic carbocycles. The topological polar surface area (TPSA) is 64.1 Å². The highest BCUT2D eigenvalue weighted by molar-refractivity contribution is 6.31. The van der Waals surface area contributed by atoms with Gasteiger partial charge in [0.1, 0.15) is 11.6 Å². The fourth-order valence-electron chi connectivity index (χ4n) is 3.01. The number of benzene rings is 2. The number of fused-ring (bicyclic) bond motifs is 3. The summed E-state index contributed by atoms with van der Waals surface area (Å²) in [6, 6.07) is 13.2. The smallest absolute Gasteiger partial charge is 0.228 e. The molecule has 1 N–H and O–H groups in total. The predicted octanol–water partition coefficient (Wildman–Crippen LogP) is 3.89. The van der Waals surface area contributed by atoms with Crippen LogP contribution in [0.4, 0.5) is 5.69 Å². The summed E-state index contributed by atoms with van der Waals surface area (Å²) in [6.45, 7) is 0. The fourth-order valence-corrected chi connectivity index (χ4v) is 3.18. The number of hydrogen-bond donors (Lipinski definition) is 1. The van der Waals surface area contributed by atoms with Gasteiger partial charge in [-0.1, -0.05) is 23.7 Å². The maximum absolute atomic E-state index is 12.1. The third kappa shape index (κ3) is 3.26. The van der Waals surface area contributed by atoms with E-state index in [1.165, 1.54) is 0 Å². The van der Waals surface area contributed by atoms with E-state index in [2.05, 4.69) is 10.3 Å². The van der Waals surface area contributed by atoms with Gasteiger partial charge in [0.2, 0.25) is 5.91 Å². The molecule has 6 heteroatoms. The Morgan fingerprint density at radius 2 is 2.00 bits per heavy atom. The molecule has 2 heterocycles. The monoisotopic (exact) mass is 365 g/mol. The number of aromatic nitrogens is 2. The van der Waals surface area contributed by atoms with Crippen LogP contribution in [0, 0.1) is 0 Å². The molecule has 1 aliphatic heterocycles. The zero-order valence-corrected chi connectivity index (χ0v) is 14.9. The average molecular weight is 366 g/mol. The van der Waals surface area contributed by atoms with Gasteiger partial charge in [0.05, 0.1) is 24.9 Å². The normalized spacial score (nSPS) is 12.6. The molecule has 0 spiro atoms. The summed E-state index contributed by atoms with van der Waals surface area (Å²) in [5, 5.41) is 3.50. The number of carbonyl (C=O) groups is 1. The zero-order chi connectivity index (χ0) is 18.1. The lowest BCUT2D eigenvalue weighted by molar-refractivity contribution is -0.115. The molecule has 5 nitrogen and oxygen atoms in total. The molecule has 0 saturated carbocycles. The molecule has 0 aliphatic carbocycles. The third-order valence-corrected chi connectivity index (χ3v) is 4.53. The highest BCUT2D eigenvalue weighted by Crippen LogP contribution is 2.34. The van der Waals surface area contributed by atoms with Crippen LogP contribution in [0.1, 0.15) is 17.0 Å². The van der Waals surface area contributed by atoms with Gasteiger partial charge in [-0.2, -0.15) is 0 Å². The lowest BCUT2D eigenvalue weighted by Gasteiger charge is -2.10. The maximum Gasteiger partial charge on any atom is 0.228 e. The Bertz CT molecular complexity index is 987. The van der Waals surface area contributed by atoms with Crippen LogP contribution in [0.2, 0.25) is 5.02 Å². The van der Waals surface area contributed by atoms with Crippen molar-refractivity contribution in [2.75, 3.05) is 12.4 Å². The minimum absolute atomic E-state index is 0.0844. The van der Waals surface area contributed by atoms with Crippen LogP contribution in [0.3, 0.4) is 0 Å². The van der Waals surface area contributed by atoms with Gasteiger partial charge in [-0.15, -0.1) is 0 Å². The number of rotatable bonds is 3. The summed E-state index contributed by atoms with van der Waals surface area (Å²) in [5.41, 5.74) is 4.16. The number of ether oxygens (including phenoxy) is 1. The number of nitrogens with one attached hydrogen (secondary N) is 1. The van der Waals surface area contributed by atoms with Crippen LogP contribution in [0.25, 0.3) is 11.3 Å². The molecule has 1 aromatic heterocycles. The fraction of sp³-hybridized carbons (Fsp3) is 0.150. The number of anilines is 1. The van der Waals surface area contributed by atoms with Crippen molar-refractivity contribution in [3.63, 3.8) is 0 Å². The second-order valence-corrected chi connectivity index (χ2v) is 6.54. The second-order valence-electron chi connectivity index (χ2n) is 6.10. The Balaban J connectivity index is 1.74. The summed E-state index contributed by atoms with van der Waals surface area (Å²) in [6.07, 6.45) is 2.57. The van der Waals surface area contributed by atoms with Gasteiger partial charge in [-0.3, -0.25) is 4.79 Å². The molecule has 130 valence electrons. The number of hydrogen-bond acceptors (Lipinski definition) is 4. The maximum atomic E-state index is 12.1. The molecule has 0 fully saturated rings. The molecule has 26 heavy (non-hydrogen) atoms. The summed E-state index contributed by atoms with van der Waals surface area (Å²) in [5.74, 6) is 1.41. The van der Waals surface area contributed by atoms with Gasteiger partial charge in [0, 0.05) is 28.8 Å². The van der Waals surface area contributed by atoms with Crippen molar-refractivity contribution >= 4 is 23.2 Å². The van der Waals surface area contributed by atoms with E-state index in [0.29, 0.717) is 23.0 Å². The van der Waals surface area contributed by atoms with Crippen molar-refractivity contribution < 1.29 is 9.53 Å². The standard InChI is InChI=1S/C20H16ClN3O2/c1-26-15-5-2-12(3-6-15)8-18-22-11-13-9-19(25)23-17-7-4-14(21)10-16(17)20(13)24-18/h2-7,10-11H,8-9H2,1H3,(H,23,25). The molecular weight excluding hydrogens is 350 g/mol. The minimum atomic E-state index is -0.0844. The second kappa shape index (κ2) is 6.77. The van der Waals surface area contributed by atoms with Gasteiger partial charge in [-0.25, -0.2) is 9.97 Å². The van der Waals surface area contributed by atoms with Crippen LogP contribution >= 0.6 is 11.6 Å². The van der Waals surface area contributed by atoms with Gasteiger partial charge < -0.3 is 10.1 Å². The number of nitrogens with zero attached hydrogens (tertiary/aromatic N) is 2. The van der Waals surface area contributed by atoms with Gasteiger partial charge in [0.25, 0.3) is 0 Å². The molecule has 3 aromatic rings. The molecule has 0 saturated heterocycles. The van der Waals surface area contributed by atoms with E-state index in [4.69, 9.17) is 21.3 Å². The van der Waals surface area contributed by atoms with Crippen LogP contribution < -0.4 is 10.1 Å². The summed E-state index contributed by atoms with van der Waals surface area (Å²) >= 11 is 6.16. The summed E-state index contributed by atoms with van der Waals surface area (Å²) in [7, 11) is 1.64. The highest BCUT2D eigenvalue weighted by atomic mass is 35.5. The molecular formula is C20H16ClN3O2. The number of methoxy groups -OCH3 is 1. The van der Waals surface area contributed by atoms with Crippen molar-refractivity contribution in [1.82, 2.24) is 9.97 Å². The minimum Gasteiger partial charge on any atom is -0.497 e. The van der Waals surface area contributed by atoms with Gasteiger partial charge in [0.15, 0.2) is 0 Å². The predicted molar refractivity (Wildman–Crippen MR) is 101 cm³/mol. The highest BCUT2D eigenvalue weighted by Gasteiger charge is 2.21. The summed E-state index contributed by atoms with van der Waals surface area (Å²) in [4.78, 5) is 21.3. The van der Waals surface area contributed by atoms with Crippen LogP contribution in [-0.2, 0) is 17.6 Å². The van der Waals surface area contributed by atoms with E-state index < -0.39 is 0 Å². The van der Waals surface area contributed by atoms with Crippen molar-refractivity contribution in [3.05, 3.63) is 70.6 Å². The average Bonchev–Trinajstić information content (AvgIpc) is 2.78. The van der Waals surface area contributed by atoms with Crippen molar-refractivity contribution in [2.24, 2.45) is 0 Å². The third-order valence-electron chi connectivity index (χ3n) is 4.30. The zero-order valence-electron chi connectivity index (χ0n) is 14.1. The summed E-state index contributed by atoms with van der Waals surface area (Å²) < 4.78 is 5.19. The molecule has 1 aliphatic rings. The molecule has 0 atom stereocenters. The first kappa shape index (κ1) is 16.5. The van der Waals surface area contributed by atoms with Crippen LogP contribution in [-0.4, -0.2) is 23.0 Å². The van der Waals surface area contributed by atoms with E-state index in [-0.39, 0.29) is 12.3 Å². The lowest BCUT2D eigenvalue weighted by Crippen LogP contribution is -2.12. The lowest BCUT2D eigenvalue weighted by atomic mass is 10.0. The Morgan fingerprint density at radius 1 is 1.19 bits per heavy atom. The number of halogens is 1. The van der Waals surface area contributed by atoms with Gasteiger partial charge >= 0.3 is 0 Å². The van der Waals surface area contributed by atoms with E-state index >= 15 is 0 Å². The largest absolute Gasteiger partial charge is 0.497 e. The van der Waals surface area contributed by atoms with Crippen molar-refractivity contribution in [3.8, 4) is 17.0 Å². The molecule has 0 radical (unpaired) electrons. The first-order chi connectivity index (χ1) is 12.6. The Hall–Kier alpha value is -2.92. The number of carbonyl (C=O) groups excluding carboxylic acids is 1. The molecule has 4 rings (SSSR count). The Morgan fingerprint density at radius 3 is 2.77 bits per heavy atom. The Kier molecular flexibility index (Phi) is 4.31. The van der Waals surface area contributed by atoms with Crippen LogP contribution in [0.5, 0.6) is 5.75 Å². The first-order valence-corrected chi connectivity index (χ1v) is 8.57. The molecule has 0 unspecified atom stereocenters. The SMILES string of the molecule is COc1ccc(Cc2ncc3c(n2)-c2cc(Cl)ccc2NC(=O)C3)cc1. The van der Waals surface area contributed by atoms with E-state index in [0.717, 1.165) is 28.1 Å². The van der Waals surface area contributed by atoms with E-state index in [9.17, 15) is 4.79 Å². The molecule has 0 bridgehead atoms. The number of amides is 1. The van der Waals surface area contributed by atoms with Crippen molar-refractivity contribution in [2.45, 2.75) is 12.8 Å². The quantitative estimate of drug-likeness (QED) is 0.764. The Labute approximate surface area is 156 Å². The van der Waals surface area contributed by atoms with Crippen LogP contribution in [0.15, 0.2) is 48.7 Å². The molecule has 1 amide bonds. The van der Waals surface area contributed by atoms with E-state index in [1.54, 1.807) is 25.4 Å². The van der Waals surface area contributed by atoms with Crippen molar-refractivity contribution in [1.29, 1.82) is 0 Å². The first-order valence-electron chi connectivity index (χ1n) is 8.20. The van der Waals surface area contributed by atoms with Gasteiger partial charge in [-0.05, 0) is 35.9 Å². The van der Waals surface area contributed by atoms with E-state index in [1.807, 2.05) is 30.3 Å².